The molecule has 0 spiro atoms. The smallest absolute Gasteiger partial charge is 0.316 e. The molecule has 0 saturated heterocycles. The summed E-state index contributed by atoms with van der Waals surface area (Å²) in [6.45, 7) is 1.68. The Morgan fingerprint density at radius 1 is 1.19 bits per heavy atom. The van der Waals surface area contributed by atoms with Crippen LogP contribution in [0.4, 0.5) is 0 Å². The molecule has 0 aromatic heterocycles. The maximum absolute atomic E-state index is 13.6. The van der Waals surface area contributed by atoms with E-state index in [0.717, 1.165) is 0 Å². The molecular formula is C24H25BrN2O9. The number of rotatable bonds is 4. The molecule has 0 fully saturated rings. The minimum Gasteiger partial charge on any atom is -0.510 e. The van der Waals surface area contributed by atoms with Crippen LogP contribution in [-0.2, 0) is 19.1 Å². The van der Waals surface area contributed by atoms with E-state index in [0.29, 0.717) is 5.56 Å². The van der Waals surface area contributed by atoms with Crippen LogP contribution in [0.1, 0.15) is 28.8 Å². The summed E-state index contributed by atoms with van der Waals surface area (Å²) in [5.41, 5.74) is 1.30. The molecule has 0 unspecified atom stereocenters. The number of ether oxygens (including phenoxy) is 1. The number of aromatic hydroxyl groups is 1. The van der Waals surface area contributed by atoms with E-state index in [9.17, 15) is 39.6 Å². The second kappa shape index (κ2) is 8.71. The lowest BCUT2D eigenvalue weighted by molar-refractivity contribution is -0.179. The third-order valence-electron chi connectivity index (χ3n) is 7.34. The Morgan fingerprint density at radius 2 is 1.83 bits per heavy atom. The Hall–Kier alpha value is -3.22. The number of nitrogens with two attached hydrogens (primary N) is 1. The number of aliphatic hydroxyl groups excluding tert-OH is 2. The van der Waals surface area contributed by atoms with E-state index in [1.807, 2.05) is 0 Å². The van der Waals surface area contributed by atoms with Crippen molar-refractivity contribution in [1.82, 2.24) is 4.90 Å². The van der Waals surface area contributed by atoms with Crippen molar-refractivity contribution in [2.45, 2.75) is 30.6 Å². The molecule has 12 heteroatoms. The first kappa shape index (κ1) is 25.9. The molecule has 1 aromatic carbocycles. The number of aliphatic hydroxyl groups is 3. The van der Waals surface area contributed by atoms with Gasteiger partial charge in [0.15, 0.2) is 11.4 Å². The largest absolute Gasteiger partial charge is 0.510 e. The van der Waals surface area contributed by atoms with Gasteiger partial charge in [0.2, 0.25) is 5.78 Å². The van der Waals surface area contributed by atoms with E-state index in [2.05, 4.69) is 15.9 Å². The van der Waals surface area contributed by atoms with Crippen molar-refractivity contribution in [1.29, 1.82) is 0 Å². The molecule has 0 aliphatic heterocycles. The first-order valence-electron chi connectivity index (χ1n) is 11.0. The maximum Gasteiger partial charge on any atom is 0.316 e. The first-order valence-corrected chi connectivity index (χ1v) is 12.1. The number of fused-ring (bicyclic) bond motifs is 3. The molecule has 1 aromatic rings. The van der Waals surface area contributed by atoms with Crippen molar-refractivity contribution in [3.05, 3.63) is 52.0 Å². The summed E-state index contributed by atoms with van der Waals surface area (Å²) in [6, 6.07) is 3.10. The van der Waals surface area contributed by atoms with Crippen molar-refractivity contribution in [3.63, 3.8) is 0 Å². The number of carbonyl (C=O) groups is 4. The zero-order valence-corrected chi connectivity index (χ0v) is 21.1. The fourth-order valence-electron chi connectivity index (χ4n) is 5.88. The van der Waals surface area contributed by atoms with E-state index in [1.165, 1.54) is 31.1 Å². The summed E-state index contributed by atoms with van der Waals surface area (Å²) < 4.78 is 5.70. The standard InChI is InChI=1S/C24H25BrN2O9/c1-8-9-5-4-6-10(28)13(9)18(30)14-12(8)20(36-11(29)7-25)16-17(27(2)3)19(31)15(23(26)34)22(33)24(16,35)21(14)32/h4-6,8,12,16-17,20,28,31-32,35H,7H2,1-3H3,(H2,26,34)/t8-,12+,16+,17-,20-,24-/m1/s1. The number of ketones is 2. The summed E-state index contributed by atoms with van der Waals surface area (Å²) in [5, 5.41) is 44.4. The molecule has 0 saturated carbocycles. The molecule has 6 N–H and O–H groups in total. The Balaban J connectivity index is 2.11. The number of phenolic OH excluding ortho intramolecular Hbond substituents is 1. The lowest BCUT2D eigenvalue weighted by Crippen LogP contribution is -2.69. The maximum atomic E-state index is 13.6. The third kappa shape index (κ3) is 3.31. The monoisotopic (exact) mass is 564 g/mol. The average molecular weight is 565 g/mol. The van der Waals surface area contributed by atoms with Crippen LogP contribution in [-0.4, -0.2) is 85.9 Å². The SMILES string of the molecule is C[C@@H]1c2cccc(O)c2C(=O)C2=C(O)[C@@]3(O)C(=O)C(C(N)=O)=C(O)[C@H](N(C)C)[C@H]3[C@H](OC(=O)CBr)[C@H]21. The number of primary amides is 1. The topological polar surface area (TPSA) is 188 Å². The Kier molecular flexibility index (Phi) is 6.26. The molecule has 3 aliphatic carbocycles. The molecule has 1 amide bonds. The quantitative estimate of drug-likeness (QED) is 0.197. The highest BCUT2D eigenvalue weighted by Crippen LogP contribution is 2.56. The first-order chi connectivity index (χ1) is 16.8. The molecule has 0 radical (unpaired) electrons. The number of phenols is 1. The van der Waals surface area contributed by atoms with E-state index in [4.69, 9.17) is 10.5 Å². The van der Waals surface area contributed by atoms with Crippen molar-refractivity contribution in [2.24, 2.45) is 17.6 Å². The molecule has 0 bridgehead atoms. The molecule has 0 heterocycles. The summed E-state index contributed by atoms with van der Waals surface area (Å²) in [6.07, 6.45) is -1.42. The van der Waals surface area contributed by atoms with Gasteiger partial charge in [0.1, 0.15) is 34.3 Å². The number of carbonyl (C=O) groups excluding carboxylic acids is 4. The number of alkyl halides is 1. The van der Waals surface area contributed by atoms with E-state index in [-0.39, 0.29) is 16.6 Å². The fraction of sp³-hybridized carbons (Fsp3) is 0.417. The van der Waals surface area contributed by atoms with Crippen LogP contribution in [0, 0.1) is 11.8 Å². The highest BCUT2D eigenvalue weighted by atomic mass is 79.9. The molecule has 6 atom stereocenters. The Bertz CT molecular complexity index is 1270. The molecule has 36 heavy (non-hydrogen) atoms. The van der Waals surface area contributed by atoms with Gasteiger partial charge in [-0.3, -0.25) is 24.1 Å². The van der Waals surface area contributed by atoms with Crippen LogP contribution in [0.2, 0.25) is 0 Å². The van der Waals surface area contributed by atoms with E-state index < -0.39 is 81.6 Å². The predicted molar refractivity (Wildman–Crippen MR) is 127 cm³/mol. The summed E-state index contributed by atoms with van der Waals surface area (Å²) in [5.74, 6) is -9.87. The van der Waals surface area contributed by atoms with Crippen LogP contribution in [0.25, 0.3) is 0 Å². The summed E-state index contributed by atoms with van der Waals surface area (Å²) >= 11 is 3.01. The Labute approximate surface area is 214 Å². The van der Waals surface area contributed by atoms with Crippen molar-refractivity contribution < 1.29 is 44.3 Å². The lowest BCUT2D eigenvalue weighted by atomic mass is 9.55. The normalized spacial score (nSPS) is 31.7. The molecule has 11 nitrogen and oxygen atoms in total. The van der Waals surface area contributed by atoms with E-state index in [1.54, 1.807) is 13.0 Å². The highest BCUT2D eigenvalue weighted by molar-refractivity contribution is 9.09. The number of nitrogens with zero attached hydrogens (tertiary/aromatic N) is 1. The summed E-state index contributed by atoms with van der Waals surface area (Å²) in [4.78, 5) is 53.2. The number of Topliss-reactive ketones (excluding diaryl/α,β-unsaturated/α-hetero) is 2. The third-order valence-corrected chi connectivity index (χ3v) is 7.80. The minimum atomic E-state index is -2.95. The molecule has 3 aliphatic rings. The van der Waals surface area contributed by atoms with Crippen LogP contribution < -0.4 is 5.73 Å². The van der Waals surface area contributed by atoms with Crippen LogP contribution in [0.15, 0.2) is 40.9 Å². The number of likely N-dealkylation sites (N-methyl/N-ethyl adjacent to an activating group) is 1. The van der Waals surface area contributed by atoms with Gasteiger partial charge in [-0.2, -0.15) is 0 Å². The number of benzene rings is 1. The average Bonchev–Trinajstić information content (AvgIpc) is 2.80. The molecule has 192 valence electrons. The highest BCUT2D eigenvalue weighted by Gasteiger charge is 2.68. The summed E-state index contributed by atoms with van der Waals surface area (Å²) in [7, 11) is 2.97. The van der Waals surface area contributed by atoms with Crippen molar-refractivity contribution in [3.8, 4) is 5.75 Å². The van der Waals surface area contributed by atoms with Gasteiger partial charge in [-0.1, -0.05) is 35.0 Å². The minimum absolute atomic E-state index is 0.128. The number of amides is 1. The van der Waals surface area contributed by atoms with Gasteiger partial charge in [-0.15, -0.1) is 0 Å². The van der Waals surface area contributed by atoms with Crippen molar-refractivity contribution >= 4 is 39.4 Å². The van der Waals surface area contributed by atoms with Crippen LogP contribution in [0.3, 0.4) is 0 Å². The van der Waals surface area contributed by atoms with Gasteiger partial charge in [-0.05, 0) is 31.6 Å². The van der Waals surface area contributed by atoms with Crippen molar-refractivity contribution in [2.75, 3.05) is 19.4 Å². The molecular weight excluding hydrogens is 540 g/mol. The van der Waals surface area contributed by atoms with E-state index >= 15 is 0 Å². The van der Waals surface area contributed by atoms with Gasteiger partial charge in [0.25, 0.3) is 5.91 Å². The van der Waals surface area contributed by atoms with Gasteiger partial charge < -0.3 is 30.9 Å². The second-order valence-corrected chi connectivity index (χ2v) is 9.95. The van der Waals surface area contributed by atoms with Crippen LogP contribution in [0.5, 0.6) is 5.75 Å². The number of hydrogen-bond donors (Lipinski definition) is 5. The number of hydrogen-bond acceptors (Lipinski definition) is 10. The second-order valence-electron chi connectivity index (χ2n) is 9.39. The lowest BCUT2D eigenvalue weighted by Gasteiger charge is -2.54. The van der Waals surface area contributed by atoms with Gasteiger partial charge in [-0.25, -0.2) is 0 Å². The zero-order valence-electron chi connectivity index (χ0n) is 19.6. The fourth-order valence-corrected chi connectivity index (χ4v) is 6.01. The van der Waals surface area contributed by atoms with Gasteiger partial charge >= 0.3 is 5.97 Å². The van der Waals surface area contributed by atoms with Gasteiger partial charge in [0, 0.05) is 11.5 Å². The molecule has 4 rings (SSSR count). The predicted octanol–water partition coefficient (Wildman–Crippen LogP) is 0.598. The van der Waals surface area contributed by atoms with Crippen LogP contribution >= 0.6 is 15.9 Å². The number of esters is 1. The number of halogens is 1. The zero-order chi connectivity index (χ0) is 26.9. The Morgan fingerprint density at radius 3 is 2.39 bits per heavy atom. The van der Waals surface area contributed by atoms with Gasteiger partial charge in [0.05, 0.1) is 17.5 Å².